The second-order valence-electron chi connectivity index (χ2n) is 7.39. The summed E-state index contributed by atoms with van der Waals surface area (Å²) in [4.78, 5) is 14.9. The maximum atomic E-state index is 12.7. The molecule has 2 aliphatic heterocycles. The van der Waals surface area contributed by atoms with Crippen LogP contribution in [0, 0.1) is 6.92 Å². The van der Waals surface area contributed by atoms with Crippen LogP contribution < -0.4 is 10.6 Å². The molecule has 2 aliphatic rings. The highest BCUT2D eigenvalue weighted by Crippen LogP contribution is 2.23. The van der Waals surface area contributed by atoms with Crippen LogP contribution in [-0.4, -0.2) is 71.7 Å². The van der Waals surface area contributed by atoms with Crippen molar-refractivity contribution >= 4 is 30.7 Å². The van der Waals surface area contributed by atoms with Crippen LogP contribution in [0.1, 0.15) is 46.9 Å². The molecule has 1 amide bonds. The molecule has 4 rings (SSSR count). The van der Waals surface area contributed by atoms with Crippen molar-refractivity contribution in [2.45, 2.75) is 31.8 Å². The SMILES string of the molecule is Cc1ccc(C(CNC(=O)c2cn(C3CCNCC3)nn2)N2CCOCC2)o1.Cl.Cl. The summed E-state index contributed by atoms with van der Waals surface area (Å²) < 4.78 is 13.1. The van der Waals surface area contributed by atoms with Gasteiger partial charge in [0.25, 0.3) is 5.91 Å². The Balaban J connectivity index is 0.00000160. The van der Waals surface area contributed by atoms with Gasteiger partial charge in [0.1, 0.15) is 11.5 Å². The van der Waals surface area contributed by atoms with Gasteiger partial charge in [-0.1, -0.05) is 5.21 Å². The van der Waals surface area contributed by atoms with Crippen molar-refractivity contribution in [3.05, 3.63) is 35.5 Å². The summed E-state index contributed by atoms with van der Waals surface area (Å²) in [5.41, 5.74) is 0.356. The molecular formula is C19H30Cl2N6O3. The Morgan fingerprint density at radius 2 is 2.00 bits per heavy atom. The van der Waals surface area contributed by atoms with Crippen molar-refractivity contribution < 1.29 is 13.9 Å². The number of nitrogens with zero attached hydrogens (tertiary/aromatic N) is 4. The summed E-state index contributed by atoms with van der Waals surface area (Å²) in [6, 6.07) is 4.22. The van der Waals surface area contributed by atoms with Gasteiger partial charge >= 0.3 is 0 Å². The molecule has 0 saturated carbocycles. The third kappa shape index (κ3) is 5.95. The molecule has 0 aliphatic carbocycles. The van der Waals surface area contributed by atoms with Crippen LogP contribution in [0.2, 0.25) is 0 Å². The molecule has 0 radical (unpaired) electrons. The van der Waals surface area contributed by atoms with Gasteiger partial charge in [-0.15, -0.1) is 29.9 Å². The van der Waals surface area contributed by atoms with E-state index in [2.05, 4.69) is 25.8 Å². The third-order valence-electron chi connectivity index (χ3n) is 5.46. The first kappa shape index (κ1) is 24.6. The Labute approximate surface area is 188 Å². The van der Waals surface area contributed by atoms with Gasteiger partial charge in [-0.05, 0) is 45.0 Å². The van der Waals surface area contributed by atoms with Gasteiger partial charge in [0, 0.05) is 19.6 Å². The van der Waals surface area contributed by atoms with Crippen molar-refractivity contribution in [2.24, 2.45) is 0 Å². The molecule has 2 fully saturated rings. The van der Waals surface area contributed by atoms with Gasteiger partial charge < -0.3 is 19.8 Å². The minimum Gasteiger partial charge on any atom is -0.465 e. The van der Waals surface area contributed by atoms with Crippen molar-refractivity contribution in [1.29, 1.82) is 0 Å². The summed E-state index contributed by atoms with van der Waals surface area (Å²) in [5.74, 6) is 1.52. The Morgan fingerprint density at radius 1 is 1.27 bits per heavy atom. The van der Waals surface area contributed by atoms with Gasteiger partial charge in [-0.25, -0.2) is 4.68 Å². The molecule has 0 bridgehead atoms. The predicted octanol–water partition coefficient (Wildman–Crippen LogP) is 1.75. The number of rotatable bonds is 6. The second kappa shape index (κ2) is 11.7. The predicted molar refractivity (Wildman–Crippen MR) is 117 cm³/mol. The van der Waals surface area contributed by atoms with E-state index in [0.717, 1.165) is 50.5 Å². The first-order valence-corrected chi connectivity index (χ1v) is 9.99. The smallest absolute Gasteiger partial charge is 0.273 e. The number of ether oxygens (including phenoxy) is 1. The van der Waals surface area contributed by atoms with Crippen LogP contribution in [0.4, 0.5) is 0 Å². The fourth-order valence-electron chi connectivity index (χ4n) is 3.84. The topological polar surface area (TPSA) is 97.5 Å². The van der Waals surface area contributed by atoms with Crippen LogP contribution in [0.5, 0.6) is 0 Å². The zero-order valence-electron chi connectivity index (χ0n) is 17.1. The summed E-state index contributed by atoms with van der Waals surface area (Å²) in [6.07, 6.45) is 3.76. The third-order valence-corrected chi connectivity index (χ3v) is 5.46. The molecule has 1 atom stereocenters. The van der Waals surface area contributed by atoms with Crippen molar-refractivity contribution in [3.8, 4) is 0 Å². The number of carbonyl (C=O) groups excluding carboxylic acids is 1. The summed E-state index contributed by atoms with van der Waals surface area (Å²) >= 11 is 0. The number of nitrogens with one attached hydrogen (secondary N) is 2. The number of hydrogen-bond acceptors (Lipinski definition) is 7. The number of amides is 1. The van der Waals surface area contributed by atoms with E-state index in [-0.39, 0.29) is 36.8 Å². The first-order valence-electron chi connectivity index (χ1n) is 9.99. The maximum Gasteiger partial charge on any atom is 0.273 e. The molecule has 2 N–H and O–H groups in total. The lowest BCUT2D eigenvalue weighted by Gasteiger charge is -2.33. The average Bonchev–Trinajstić information content (AvgIpc) is 3.39. The molecule has 9 nitrogen and oxygen atoms in total. The molecule has 11 heteroatoms. The highest BCUT2D eigenvalue weighted by molar-refractivity contribution is 5.91. The zero-order chi connectivity index (χ0) is 19.3. The lowest BCUT2D eigenvalue weighted by molar-refractivity contribution is 0.0117. The number of hydrogen-bond donors (Lipinski definition) is 2. The van der Waals surface area contributed by atoms with Gasteiger partial charge in [-0.3, -0.25) is 9.69 Å². The van der Waals surface area contributed by atoms with Gasteiger partial charge in [0.05, 0.1) is 31.5 Å². The molecule has 0 spiro atoms. The van der Waals surface area contributed by atoms with Crippen molar-refractivity contribution in [3.63, 3.8) is 0 Å². The summed E-state index contributed by atoms with van der Waals surface area (Å²) in [5, 5.41) is 14.6. The van der Waals surface area contributed by atoms with E-state index in [0.29, 0.717) is 31.5 Å². The molecule has 2 saturated heterocycles. The molecule has 168 valence electrons. The fourth-order valence-corrected chi connectivity index (χ4v) is 3.84. The number of piperidine rings is 1. The fraction of sp³-hybridized carbons (Fsp3) is 0.632. The highest BCUT2D eigenvalue weighted by atomic mass is 35.5. The quantitative estimate of drug-likeness (QED) is 0.677. The highest BCUT2D eigenvalue weighted by Gasteiger charge is 2.26. The molecule has 30 heavy (non-hydrogen) atoms. The Morgan fingerprint density at radius 3 is 2.67 bits per heavy atom. The molecule has 2 aromatic heterocycles. The molecule has 1 unspecified atom stereocenters. The van der Waals surface area contributed by atoms with E-state index in [9.17, 15) is 4.79 Å². The van der Waals surface area contributed by atoms with Crippen molar-refractivity contribution in [2.75, 3.05) is 45.9 Å². The van der Waals surface area contributed by atoms with Gasteiger partial charge in [0.15, 0.2) is 5.69 Å². The standard InChI is InChI=1S/C19H28N6O3.2ClH/c1-14-2-3-18(28-14)17(24-8-10-27-11-9-24)12-21-19(26)16-13-25(23-22-16)15-4-6-20-7-5-15;;/h2-3,13,15,17,20H,4-12H2,1H3,(H,21,26);2*1H. The monoisotopic (exact) mass is 460 g/mol. The minimum atomic E-state index is -0.207. The first-order chi connectivity index (χ1) is 13.7. The van der Waals surface area contributed by atoms with Crippen molar-refractivity contribution in [1.82, 2.24) is 30.5 Å². The van der Waals surface area contributed by atoms with Gasteiger partial charge in [-0.2, -0.15) is 0 Å². The number of furan rings is 1. The number of morpholine rings is 1. The van der Waals surface area contributed by atoms with Crippen LogP contribution >= 0.6 is 24.8 Å². The maximum absolute atomic E-state index is 12.7. The second-order valence-corrected chi connectivity index (χ2v) is 7.39. The van der Waals surface area contributed by atoms with E-state index >= 15 is 0 Å². The average molecular weight is 461 g/mol. The lowest BCUT2D eigenvalue weighted by Crippen LogP contribution is -2.43. The van der Waals surface area contributed by atoms with Crippen LogP contribution in [-0.2, 0) is 4.74 Å². The summed E-state index contributed by atoms with van der Waals surface area (Å²) in [7, 11) is 0. The Hall–Kier alpha value is -1.65. The Kier molecular flexibility index (Phi) is 9.57. The van der Waals surface area contributed by atoms with Crippen LogP contribution in [0.25, 0.3) is 0 Å². The molecule has 2 aromatic rings. The zero-order valence-corrected chi connectivity index (χ0v) is 18.7. The van der Waals surface area contributed by atoms with Crippen LogP contribution in [0.3, 0.4) is 0 Å². The van der Waals surface area contributed by atoms with E-state index in [1.807, 2.05) is 23.7 Å². The number of carbonyl (C=O) groups is 1. The Bertz CT molecular complexity index is 787. The van der Waals surface area contributed by atoms with E-state index in [4.69, 9.17) is 9.15 Å². The largest absolute Gasteiger partial charge is 0.465 e. The summed E-state index contributed by atoms with van der Waals surface area (Å²) in [6.45, 7) is 7.32. The van der Waals surface area contributed by atoms with Gasteiger partial charge in [0.2, 0.25) is 0 Å². The number of aromatic nitrogens is 3. The molecular weight excluding hydrogens is 431 g/mol. The van der Waals surface area contributed by atoms with E-state index in [1.165, 1.54) is 0 Å². The van der Waals surface area contributed by atoms with E-state index < -0.39 is 0 Å². The minimum absolute atomic E-state index is 0. The van der Waals surface area contributed by atoms with Crippen LogP contribution in [0.15, 0.2) is 22.7 Å². The van der Waals surface area contributed by atoms with E-state index in [1.54, 1.807) is 6.20 Å². The lowest BCUT2D eigenvalue weighted by atomic mass is 10.1. The normalized spacial score (nSPS) is 18.8. The molecule has 0 aromatic carbocycles. The number of halogens is 2. The number of aryl methyl sites for hydroxylation is 1. The molecule has 4 heterocycles.